The van der Waals surface area contributed by atoms with Gasteiger partial charge in [0.2, 0.25) is 15.9 Å². The minimum absolute atomic E-state index is 0.0277. The van der Waals surface area contributed by atoms with Gasteiger partial charge in [-0.25, -0.2) is 8.42 Å². The molecule has 1 amide bonds. The minimum atomic E-state index is -3.93. The summed E-state index contributed by atoms with van der Waals surface area (Å²) in [5.41, 5.74) is 2.80. The first-order valence-electron chi connectivity index (χ1n) is 9.59. The zero-order valence-electron chi connectivity index (χ0n) is 17.2. The van der Waals surface area contributed by atoms with E-state index in [1.807, 2.05) is 32.2 Å². The van der Waals surface area contributed by atoms with Crippen LogP contribution in [-0.2, 0) is 14.8 Å². The van der Waals surface area contributed by atoms with Crippen LogP contribution in [0.3, 0.4) is 0 Å². The number of aryl methyl sites for hydroxylation is 2. The van der Waals surface area contributed by atoms with E-state index >= 15 is 0 Å². The molecule has 2 N–H and O–H groups in total. The summed E-state index contributed by atoms with van der Waals surface area (Å²) in [4.78, 5) is 12.9. The van der Waals surface area contributed by atoms with Gasteiger partial charge in [-0.2, -0.15) is 16.5 Å². The quantitative estimate of drug-likeness (QED) is 0.642. The number of rotatable bonds is 8. The average molecular weight is 451 g/mol. The number of hydrogen-bond acceptors (Lipinski definition) is 6. The molecule has 0 saturated carbocycles. The van der Waals surface area contributed by atoms with Crippen LogP contribution in [0, 0.1) is 13.8 Å². The molecule has 162 valence electrons. The third-order valence-electron chi connectivity index (χ3n) is 4.82. The number of hydrogen-bond donors (Lipinski definition) is 2. The normalized spacial score (nSPS) is 14.2. The van der Waals surface area contributed by atoms with Crippen molar-refractivity contribution in [1.29, 1.82) is 0 Å². The molecule has 3 rings (SSSR count). The Morgan fingerprint density at radius 3 is 2.50 bits per heavy atom. The third-order valence-corrected chi connectivity index (χ3v) is 6.94. The van der Waals surface area contributed by atoms with E-state index in [1.165, 1.54) is 12.1 Å². The number of thioether (sulfide) groups is 1. The number of ether oxygens (including phenoxy) is 2. The Labute approximate surface area is 181 Å². The molecule has 1 atom stereocenters. The molecule has 1 aliphatic rings. The molecule has 2 aromatic carbocycles. The van der Waals surface area contributed by atoms with Crippen molar-refractivity contribution in [2.75, 3.05) is 30.5 Å². The van der Waals surface area contributed by atoms with Crippen LogP contribution in [0.1, 0.15) is 17.5 Å². The van der Waals surface area contributed by atoms with Crippen LogP contribution in [0.2, 0.25) is 0 Å². The van der Waals surface area contributed by atoms with Gasteiger partial charge in [0.25, 0.3) is 0 Å². The van der Waals surface area contributed by atoms with Crippen LogP contribution in [-0.4, -0.2) is 45.6 Å². The molecule has 30 heavy (non-hydrogen) atoms. The zero-order chi connectivity index (χ0) is 21.7. The van der Waals surface area contributed by atoms with E-state index in [9.17, 15) is 13.2 Å². The lowest BCUT2D eigenvalue weighted by molar-refractivity contribution is -0.117. The van der Waals surface area contributed by atoms with Gasteiger partial charge in [0.15, 0.2) is 11.5 Å². The van der Waals surface area contributed by atoms with Crippen LogP contribution in [0.5, 0.6) is 11.5 Å². The van der Waals surface area contributed by atoms with Gasteiger partial charge in [-0.05, 0) is 67.7 Å². The van der Waals surface area contributed by atoms with Gasteiger partial charge in [-0.1, -0.05) is 6.07 Å². The average Bonchev–Trinajstić information content (AvgIpc) is 2.73. The van der Waals surface area contributed by atoms with Gasteiger partial charge in [0, 0.05) is 11.8 Å². The van der Waals surface area contributed by atoms with Crippen molar-refractivity contribution in [1.82, 2.24) is 4.72 Å². The van der Waals surface area contributed by atoms with Crippen LogP contribution < -0.4 is 19.5 Å². The number of carbonyl (C=O) groups is 1. The van der Waals surface area contributed by atoms with E-state index in [0.29, 0.717) is 42.6 Å². The molecule has 0 spiro atoms. The van der Waals surface area contributed by atoms with Gasteiger partial charge in [-0.15, -0.1) is 0 Å². The number of nitrogens with one attached hydrogen (secondary N) is 2. The summed E-state index contributed by atoms with van der Waals surface area (Å²) in [7, 11) is -3.93. The largest absolute Gasteiger partial charge is 0.486 e. The number of amides is 1. The highest BCUT2D eigenvalue weighted by atomic mass is 32.2. The van der Waals surface area contributed by atoms with Gasteiger partial charge < -0.3 is 14.8 Å². The molecule has 1 unspecified atom stereocenters. The minimum Gasteiger partial charge on any atom is -0.486 e. The van der Waals surface area contributed by atoms with Crippen LogP contribution in [0.25, 0.3) is 0 Å². The van der Waals surface area contributed by atoms with Crippen molar-refractivity contribution in [2.24, 2.45) is 0 Å². The van der Waals surface area contributed by atoms with Crippen molar-refractivity contribution in [2.45, 2.75) is 31.2 Å². The van der Waals surface area contributed by atoms with Crippen molar-refractivity contribution in [3.8, 4) is 11.5 Å². The van der Waals surface area contributed by atoms with E-state index in [2.05, 4.69) is 10.0 Å². The van der Waals surface area contributed by atoms with Crippen molar-refractivity contribution in [3.63, 3.8) is 0 Å². The molecule has 0 aliphatic carbocycles. The molecule has 0 aromatic heterocycles. The van der Waals surface area contributed by atoms with E-state index in [4.69, 9.17) is 9.47 Å². The molecule has 2 aromatic rings. The zero-order valence-corrected chi connectivity index (χ0v) is 18.9. The Bertz CT molecular complexity index is 1020. The Morgan fingerprint density at radius 1 is 1.07 bits per heavy atom. The fourth-order valence-electron chi connectivity index (χ4n) is 2.97. The maximum Gasteiger partial charge on any atom is 0.242 e. The number of fused-ring (bicyclic) bond motifs is 1. The van der Waals surface area contributed by atoms with Gasteiger partial charge in [0.1, 0.15) is 19.3 Å². The predicted molar refractivity (Wildman–Crippen MR) is 119 cm³/mol. The van der Waals surface area contributed by atoms with Crippen LogP contribution in [0.4, 0.5) is 5.69 Å². The van der Waals surface area contributed by atoms with Gasteiger partial charge in [-0.3, -0.25) is 4.79 Å². The van der Waals surface area contributed by atoms with E-state index < -0.39 is 22.0 Å². The Morgan fingerprint density at radius 2 is 1.80 bits per heavy atom. The Kier molecular flexibility index (Phi) is 7.27. The van der Waals surface area contributed by atoms with Crippen LogP contribution in [0.15, 0.2) is 41.3 Å². The third kappa shape index (κ3) is 5.47. The molecule has 1 aliphatic heterocycles. The summed E-state index contributed by atoms with van der Waals surface area (Å²) in [6.07, 6.45) is 2.27. The van der Waals surface area contributed by atoms with E-state index in [-0.39, 0.29) is 4.90 Å². The van der Waals surface area contributed by atoms with Crippen LogP contribution >= 0.6 is 11.8 Å². The number of sulfonamides is 1. The monoisotopic (exact) mass is 450 g/mol. The number of benzene rings is 2. The summed E-state index contributed by atoms with van der Waals surface area (Å²) in [6, 6.07) is 9.12. The lowest BCUT2D eigenvalue weighted by Crippen LogP contribution is -2.44. The van der Waals surface area contributed by atoms with Crippen molar-refractivity contribution < 1.29 is 22.7 Å². The summed E-state index contributed by atoms with van der Waals surface area (Å²) >= 11 is 1.55. The number of carbonyl (C=O) groups excluding carboxylic acids is 1. The standard InChI is InChI=1S/C21H26N2O5S2/c1-14-4-5-16(12-15(14)2)22-21(24)18(8-11-29-3)23-30(25,26)17-6-7-19-20(13-17)28-10-9-27-19/h4-7,12-13,18,23H,8-11H2,1-3H3,(H,22,24). The molecule has 9 heteroatoms. The molecule has 1 heterocycles. The fraction of sp³-hybridized carbons (Fsp3) is 0.381. The van der Waals surface area contributed by atoms with Crippen molar-refractivity contribution >= 4 is 33.4 Å². The first kappa shape index (κ1) is 22.5. The Hall–Kier alpha value is -2.23. The van der Waals surface area contributed by atoms with Gasteiger partial charge in [0.05, 0.1) is 4.90 Å². The Balaban J connectivity index is 1.78. The molecule has 0 saturated heterocycles. The second-order valence-electron chi connectivity index (χ2n) is 7.05. The highest BCUT2D eigenvalue weighted by Gasteiger charge is 2.27. The summed E-state index contributed by atoms with van der Waals surface area (Å²) in [5, 5.41) is 2.82. The molecule has 7 nitrogen and oxygen atoms in total. The second-order valence-corrected chi connectivity index (χ2v) is 9.75. The lowest BCUT2D eigenvalue weighted by Gasteiger charge is -2.21. The molecule has 0 fully saturated rings. The lowest BCUT2D eigenvalue weighted by atomic mass is 10.1. The smallest absolute Gasteiger partial charge is 0.242 e. The first-order valence-corrected chi connectivity index (χ1v) is 12.5. The SMILES string of the molecule is CSCCC(NS(=O)(=O)c1ccc2c(c1)OCCO2)C(=O)Nc1ccc(C)c(C)c1. The maximum absolute atomic E-state index is 13.0. The van der Waals surface area contributed by atoms with Gasteiger partial charge >= 0.3 is 0 Å². The summed E-state index contributed by atoms with van der Waals surface area (Å²) < 4.78 is 39.4. The highest BCUT2D eigenvalue weighted by Crippen LogP contribution is 2.32. The fourth-order valence-corrected chi connectivity index (χ4v) is 4.69. The summed E-state index contributed by atoms with van der Waals surface area (Å²) in [5.74, 6) is 1.12. The molecule has 0 radical (unpaired) electrons. The number of anilines is 1. The second kappa shape index (κ2) is 9.72. The van der Waals surface area contributed by atoms with E-state index in [0.717, 1.165) is 11.1 Å². The maximum atomic E-state index is 13.0. The van der Waals surface area contributed by atoms with E-state index in [1.54, 1.807) is 23.9 Å². The highest BCUT2D eigenvalue weighted by molar-refractivity contribution is 7.98. The molecular weight excluding hydrogens is 424 g/mol. The first-order chi connectivity index (χ1) is 14.3. The summed E-state index contributed by atoms with van der Waals surface area (Å²) in [6.45, 7) is 4.73. The molecular formula is C21H26N2O5S2. The van der Waals surface area contributed by atoms with Crippen molar-refractivity contribution in [3.05, 3.63) is 47.5 Å². The molecule has 0 bridgehead atoms. The predicted octanol–water partition coefficient (Wildman–Crippen LogP) is 3.11. The topological polar surface area (TPSA) is 93.7 Å².